The first-order valence-corrected chi connectivity index (χ1v) is 10.8. The summed E-state index contributed by atoms with van der Waals surface area (Å²) in [7, 11) is 0. The largest absolute Gasteiger partial charge is 0.506 e. The maximum absolute atomic E-state index is 14.4. The van der Waals surface area contributed by atoms with Gasteiger partial charge in [-0.05, 0) is 52.4 Å². The van der Waals surface area contributed by atoms with Gasteiger partial charge >= 0.3 is 6.09 Å². The van der Waals surface area contributed by atoms with Crippen molar-refractivity contribution in [3.05, 3.63) is 58.3 Å². The van der Waals surface area contributed by atoms with E-state index in [1.54, 1.807) is 30.3 Å². The lowest BCUT2D eigenvalue weighted by atomic mass is 9.81. The first-order valence-electron chi connectivity index (χ1n) is 9.99. The molecule has 0 heterocycles. The third-order valence-electron chi connectivity index (χ3n) is 5.32. The number of benzene rings is 2. The fraction of sp³-hybridized carbons (Fsp3) is 0.364. The topological polar surface area (TPSA) is 87.7 Å². The Morgan fingerprint density at radius 1 is 1.16 bits per heavy atom. The molecule has 6 nitrogen and oxygen atoms in total. The van der Waals surface area contributed by atoms with Gasteiger partial charge in [-0.25, -0.2) is 18.0 Å². The number of alkyl carbamates (subject to hydrolysis) is 1. The average molecular weight is 515 g/mol. The quantitative estimate of drug-likeness (QED) is 0.453. The van der Waals surface area contributed by atoms with Crippen molar-refractivity contribution in [3.8, 4) is 5.75 Å². The van der Waals surface area contributed by atoms with Crippen molar-refractivity contribution < 1.29 is 32.6 Å². The molecule has 2 amide bonds. The normalized spacial score (nSPS) is 16.8. The van der Waals surface area contributed by atoms with Gasteiger partial charge in [0.15, 0.2) is 5.82 Å². The predicted molar refractivity (Wildman–Crippen MR) is 115 cm³/mol. The lowest BCUT2D eigenvalue weighted by Gasteiger charge is -2.33. The fourth-order valence-corrected chi connectivity index (χ4v) is 3.88. The smallest absolute Gasteiger partial charge is 0.408 e. The molecule has 0 saturated heterocycles. The second-order valence-corrected chi connectivity index (χ2v) is 8.48. The number of anilines is 1. The monoisotopic (exact) mass is 514 g/mol. The van der Waals surface area contributed by atoms with Crippen molar-refractivity contribution in [1.29, 1.82) is 0 Å². The number of alkyl halides is 2. The number of aromatic hydroxyl groups is 1. The first-order chi connectivity index (χ1) is 15.2. The van der Waals surface area contributed by atoms with E-state index in [2.05, 4.69) is 26.6 Å². The molecule has 2 aromatic rings. The molecule has 2 aromatic carbocycles. The second-order valence-electron chi connectivity index (χ2n) is 7.62. The van der Waals surface area contributed by atoms with Crippen molar-refractivity contribution >= 4 is 33.6 Å². The highest BCUT2D eigenvalue weighted by atomic mass is 79.9. The van der Waals surface area contributed by atoms with Crippen LogP contribution in [0.4, 0.5) is 23.7 Å². The van der Waals surface area contributed by atoms with Crippen molar-refractivity contribution in [2.45, 2.75) is 44.3 Å². The summed E-state index contributed by atoms with van der Waals surface area (Å²) in [5, 5.41) is 14.6. The van der Waals surface area contributed by atoms with E-state index in [0.717, 1.165) is 5.56 Å². The number of halogens is 4. The maximum Gasteiger partial charge on any atom is 0.408 e. The summed E-state index contributed by atoms with van der Waals surface area (Å²) in [6.45, 7) is -0.0508. The summed E-state index contributed by atoms with van der Waals surface area (Å²) in [4.78, 5) is 25.3. The van der Waals surface area contributed by atoms with Crippen LogP contribution in [-0.4, -0.2) is 29.1 Å². The van der Waals surface area contributed by atoms with E-state index in [1.165, 1.54) is 12.1 Å². The van der Waals surface area contributed by atoms with Crippen LogP contribution in [0.3, 0.4) is 0 Å². The summed E-state index contributed by atoms with van der Waals surface area (Å²) in [6, 6.07) is 10.0. The Hall–Kier alpha value is -2.75. The summed E-state index contributed by atoms with van der Waals surface area (Å²) in [5.41, 5.74) is 0.247. The highest BCUT2D eigenvalue weighted by Crippen LogP contribution is 2.38. The number of amides is 2. The summed E-state index contributed by atoms with van der Waals surface area (Å²) in [6.07, 6.45) is -1.81. The molecular weight excluding hydrogens is 493 g/mol. The van der Waals surface area contributed by atoms with Gasteiger partial charge in [0.25, 0.3) is 0 Å². The number of nitrogens with one attached hydrogen (secondary N) is 2. The first kappa shape index (κ1) is 23.9. The van der Waals surface area contributed by atoms with Crippen LogP contribution >= 0.6 is 15.9 Å². The lowest BCUT2D eigenvalue weighted by molar-refractivity contribution is -0.121. The molecule has 0 spiro atoms. The SMILES string of the molecule is O=C(NC(C(=O)Nc1c(O)ccc(Br)c1F)C1CCC(F)(F)CC1)OCc1ccccc1. The average Bonchev–Trinajstić information content (AvgIpc) is 2.77. The van der Waals surface area contributed by atoms with Crippen LogP contribution in [0, 0.1) is 11.7 Å². The molecule has 172 valence electrons. The van der Waals surface area contributed by atoms with Gasteiger partial charge in [-0.2, -0.15) is 0 Å². The molecule has 1 saturated carbocycles. The number of ether oxygens (including phenoxy) is 1. The zero-order valence-corrected chi connectivity index (χ0v) is 18.5. The molecule has 32 heavy (non-hydrogen) atoms. The molecule has 1 aliphatic carbocycles. The van der Waals surface area contributed by atoms with Crippen LogP contribution in [0.1, 0.15) is 31.2 Å². The molecule has 1 atom stereocenters. The third-order valence-corrected chi connectivity index (χ3v) is 5.94. The minimum atomic E-state index is -2.83. The van der Waals surface area contributed by atoms with E-state index in [-0.39, 0.29) is 23.9 Å². The zero-order valence-electron chi connectivity index (χ0n) is 16.9. The van der Waals surface area contributed by atoms with E-state index >= 15 is 0 Å². The summed E-state index contributed by atoms with van der Waals surface area (Å²) < 4.78 is 46.7. The Morgan fingerprint density at radius 2 is 1.81 bits per heavy atom. The minimum Gasteiger partial charge on any atom is -0.506 e. The predicted octanol–water partition coefficient (Wildman–Crippen LogP) is 5.35. The van der Waals surface area contributed by atoms with Gasteiger partial charge in [-0.15, -0.1) is 0 Å². The van der Waals surface area contributed by atoms with E-state index in [1.807, 2.05) is 0 Å². The second kappa shape index (κ2) is 10.2. The van der Waals surface area contributed by atoms with Crippen LogP contribution < -0.4 is 10.6 Å². The molecule has 1 unspecified atom stereocenters. The molecular formula is C22H22BrF3N2O4. The number of carbonyl (C=O) groups is 2. The van der Waals surface area contributed by atoms with Crippen molar-refractivity contribution in [3.63, 3.8) is 0 Å². The third kappa shape index (κ3) is 6.15. The van der Waals surface area contributed by atoms with E-state index in [0.29, 0.717) is 0 Å². The Labute approximate surface area is 191 Å². The van der Waals surface area contributed by atoms with Crippen LogP contribution in [-0.2, 0) is 16.1 Å². The van der Waals surface area contributed by atoms with Crippen LogP contribution in [0.25, 0.3) is 0 Å². The number of phenols is 1. The minimum absolute atomic E-state index is 0.00897. The Bertz CT molecular complexity index is 965. The molecule has 1 aliphatic rings. The van der Waals surface area contributed by atoms with E-state index in [4.69, 9.17) is 4.74 Å². The van der Waals surface area contributed by atoms with Gasteiger partial charge in [0.05, 0.1) is 4.47 Å². The number of hydrogen-bond acceptors (Lipinski definition) is 4. The molecule has 10 heteroatoms. The number of carbonyl (C=O) groups excluding carboxylic acids is 2. The van der Waals surface area contributed by atoms with Gasteiger partial charge in [-0.3, -0.25) is 4.79 Å². The highest BCUT2D eigenvalue weighted by Gasteiger charge is 2.40. The fourth-order valence-electron chi connectivity index (χ4n) is 3.55. The number of phenolic OH excluding ortho intramolecular Hbond substituents is 1. The van der Waals surface area contributed by atoms with Gasteiger partial charge < -0.3 is 20.5 Å². The van der Waals surface area contributed by atoms with Gasteiger partial charge in [-0.1, -0.05) is 30.3 Å². The molecule has 3 N–H and O–H groups in total. The van der Waals surface area contributed by atoms with Crippen LogP contribution in [0.5, 0.6) is 5.75 Å². The zero-order chi connectivity index (χ0) is 23.3. The maximum atomic E-state index is 14.4. The van der Waals surface area contributed by atoms with Crippen LogP contribution in [0.15, 0.2) is 46.9 Å². The standard InChI is InChI=1S/C22H22BrF3N2O4/c23-15-6-7-16(29)19(17(15)24)27-20(30)18(14-8-10-22(25,26)11-9-14)28-21(31)32-12-13-4-2-1-3-5-13/h1-7,14,18,29H,8-12H2,(H,27,30)(H,28,31). The highest BCUT2D eigenvalue weighted by molar-refractivity contribution is 9.10. The molecule has 0 aromatic heterocycles. The Morgan fingerprint density at radius 3 is 2.47 bits per heavy atom. The summed E-state index contributed by atoms with van der Waals surface area (Å²) >= 11 is 2.97. The number of hydrogen-bond donors (Lipinski definition) is 3. The van der Waals surface area contributed by atoms with Crippen molar-refractivity contribution in [1.82, 2.24) is 5.32 Å². The Balaban J connectivity index is 1.74. The molecule has 0 radical (unpaired) electrons. The van der Waals surface area contributed by atoms with Gasteiger partial charge in [0, 0.05) is 12.8 Å². The van der Waals surface area contributed by atoms with Crippen molar-refractivity contribution in [2.24, 2.45) is 5.92 Å². The van der Waals surface area contributed by atoms with Crippen LogP contribution in [0.2, 0.25) is 0 Å². The molecule has 3 rings (SSSR count). The van der Waals surface area contributed by atoms with E-state index < -0.39 is 60.0 Å². The van der Waals surface area contributed by atoms with Gasteiger partial charge in [0.2, 0.25) is 11.8 Å². The molecule has 0 bridgehead atoms. The number of rotatable bonds is 6. The Kier molecular flexibility index (Phi) is 7.65. The van der Waals surface area contributed by atoms with E-state index in [9.17, 15) is 27.9 Å². The van der Waals surface area contributed by atoms with Gasteiger partial charge in [0.1, 0.15) is 24.1 Å². The van der Waals surface area contributed by atoms with Crippen molar-refractivity contribution in [2.75, 3.05) is 5.32 Å². The lowest BCUT2D eigenvalue weighted by Crippen LogP contribution is -2.50. The summed E-state index contributed by atoms with van der Waals surface area (Å²) in [5.74, 6) is -5.71. The molecule has 0 aliphatic heterocycles. The molecule has 1 fully saturated rings.